The van der Waals surface area contributed by atoms with Gasteiger partial charge in [0.15, 0.2) is 5.11 Å². The van der Waals surface area contributed by atoms with Crippen LogP contribution < -0.4 is 10.6 Å². The zero-order valence-electron chi connectivity index (χ0n) is 12.9. The molecule has 0 aliphatic rings. The van der Waals surface area contributed by atoms with Crippen LogP contribution in [-0.4, -0.2) is 22.1 Å². The molecule has 0 unspecified atom stereocenters. The van der Waals surface area contributed by atoms with E-state index < -0.39 is 11.9 Å². The molecule has 0 atom stereocenters. The fraction of sp³-hybridized carbons (Fsp3) is 0. The molecule has 0 aliphatic carbocycles. The van der Waals surface area contributed by atoms with Gasteiger partial charge >= 0.3 is 5.97 Å². The quantitative estimate of drug-likeness (QED) is 0.477. The second-order valence-corrected chi connectivity index (χ2v) is 6.60. The van der Waals surface area contributed by atoms with Crippen molar-refractivity contribution in [2.45, 2.75) is 0 Å². The molecule has 0 bridgehead atoms. The van der Waals surface area contributed by atoms with E-state index in [0.29, 0.717) is 15.6 Å². The van der Waals surface area contributed by atoms with E-state index in [-0.39, 0.29) is 21.4 Å². The zero-order chi connectivity index (χ0) is 19.3. The fourth-order valence-corrected chi connectivity index (χ4v) is 2.71. The maximum atomic E-state index is 11.9. The second-order valence-electron chi connectivity index (χ2n) is 4.94. The summed E-state index contributed by atoms with van der Waals surface area (Å²) in [7, 11) is 0. The molecule has 0 saturated carbocycles. The Balaban J connectivity index is 2.01. The normalized spacial score (nSPS) is 10.6. The SMILES string of the molecule is O=C(C=Cc1ccc(Cl)cc1Cl)NC(=S)Nc1cc(C(=O)O)ccc1Cl. The van der Waals surface area contributed by atoms with Gasteiger partial charge in [-0.2, -0.15) is 0 Å². The summed E-state index contributed by atoms with van der Waals surface area (Å²) in [6.45, 7) is 0. The smallest absolute Gasteiger partial charge is 0.335 e. The van der Waals surface area contributed by atoms with E-state index in [9.17, 15) is 9.59 Å². The highest BCUT2D eigenvalue weighted by Crippen LogP contribution is 2.23. The van der Waals surface area contributed by atoms with Crippen molar-refractivity contribution >= 4 is 75.8 Å². The molecule has 5 nitrogen and oxygen atoms in total. The number of nitrogens with one attached hydrogen (secondary N) is 2. The number of amides is 1. The molecular weight excluding hydrogens is 419 g/mol. The molecule has 0 saturated heterocycles. The topological polar surface area (TPSA) is 78.4 Å². The summed E-state index contributed by atoms with van der Waals surface area (Å²) in [6.07, 6.45) is 2.76. The van der Waals surface area contributed by atoms with Crippen LogP contribution in [-0.2, 0) is 4.79 Å². The highest BCUT2D eigenvalue weighted by Gasteiger charge is 2.09. The largest absolute Gasteiger partial charge is 0.478 e. The summed E-state index contributed by atoms with van der Waals surface area (Å²) in [4.78, 5) is 22.9. The van der Waals surface area contributed by atoms with Crippen molar-refractivity contribution in [1.82, 2.24) is 5.32 Å². The van der Waals surface area contributed by atoms with Crippen LogP contribution in [0.25, 0.3) is 6.08 Å². The van der Waals surface area contributed by atoms with Crippen molar-refractivity contribution in [3.63, 3.8) is 0 Å². The van der Waals surface area contributed by atoms with Gasteiger partial charge in [0.25, 0.3) is 0 Å². The Kier molecular flexibility index (Phi) is 6.99. The summed E-state index contributed by atoms with van der Waals surface area (Å²) in [5.74, 6) is -1.61. The molecule has 0 fully saturated rings. The molecule has 1 amide bonds. The highest BCUT2D eigenvalue weighted by atomic mass is 35.5. The van der Waals surface area contributed by atoms with Gasteiger partial charge in [-0.1, -0.05) is 40.9 Å². The first-order valence-corrected chi connectivity index (χ1v) is 8.58. The Bertz CT molecular complexity index is 916. The van der Waals surface area contributed by atoms with Gasteiger partial charge in [0.05, 0.1) is 16.3 Å². The van der Waals surface area contributed by atoms with E-state index in [1.54, 1.807) is 18.2 Å². The fourth-order valence-electron chi connectivity index (χ4n) is 1.86. The number of carbonyl (C=O) groups excluding carboxylic acids is 1. The molecule has 0 radical (unpaired) electrons. The van der Waals surface area contributed by atoms with E-state index in [1.165, 1.54) is 30.4 Å². The number of carboxylic acid groups (broad SMARTS) is 1. The van der Waals surface area contributed by atoms with Crippen LogP contribution in [0.1, 0.15) is 15.9 Å². The maximum absolute atomic E-state index is 11.9. The van der Waals surface area contributed by atoms with Crippen molar-refractivity contribution in [1.29, 1.82) is 0 Å². The number of hydrogen-bond acceptors (Lipinski definition) is 3. The molecule has 134 valence electrons. The van der Waals surface area contributed by atoms with Crippen molar-refractivity contribution < 1.29 is 14.7 Å². The lowest BCUT2D eigenvalue weighted by Gasteiger charge is -2.10. The predicted molar refractivity (Wildman–Crippen MR) is 108 cm³/mol. The summed E-state index contributed by atoms with van der Waals surface area (Å²) in [5.41, 5.74) is 0.909. The number of halogens is 3. The van der Waals surface area contributed by atoms with Gasteiger partial charge in [-0.05, 0) is 54.2 Å². The first-order chi connectivity index (χ1) is 12.3. The van der Waals surface area contributed by atoms with E-state index in [1.807, 2.05) is 0 Å². The Hall–Kier alpha value is -2.12. The molecule has 0 aliphatic heterocycles. The third-order valence-corrected chi connectivity index (χ3v) is 4.17. The van der Waals surface area contributed by atoms with E-state index in [0.717, 1.165) is 0 Å². The molecular formula is C17H11Cl3N2O3S. The second kappa shape index (κ2) is 9.00. The first-order valence-electron chi connectivity index (χ1n) is 7.04. The molecule has 0 heterocycles. The lowest BCUT2D eigenvalue weighted by molar-refractivity contribution is -0.115. The number of benzene rings is 2. The van der Waals surface area contributed by atoms with Crippen molar-refractivity contribution in [2.24, 2.45) is 0 Å². The lowest BCUT2D eigenvalue weighted by atomic mass is 10.2. The third-order valence-electron chi connectivity index (χ3n) is 3.08. The maximum Gasteiger partial charge on any atom is 0.335 e. The van der Waals surface area contributed by atoms with Crippen LogP contribution in [0, 0.1) is 0 Å². The number of carboxylic acids is 1. The Morgan fingerprint density at radius 1 is 1.04 bits per heavy atom. The Morgan fingerprint density at radius 2 is 1.77 bits per heavy atom. The number of hydrogen-bond donors (Lipinski definition) is 3. The van der Waals surface area contributed by atoms with Gasteiger partial charge < -0.3 is 10.4 Å². The van der Waals surface area contributed by atoms with Crippen molar-refractivity contribution in [3.8, 4) is 0 Å². The predicted octanol–water partition coefficient (Wildman–Crippen LogP) is 4.87. The molecule has 0 spiro atoms. The van der Waals surface area contributed by atoms with Gasteiger partial charge in [0, 0.05) is 16.1 Å². The van der Waals surface area contributed by atoms with Crippen LogP contribution in [0.5, 0.6) is 0 Å². The zero-order valence-corrected chi connectivity index (χ0v) is 16.0. The van der Waals surface area contributed by atoms with E-state index in [2.05, 4.69) is 10.6 Å². The summed E-state index contributed by atoms with van der Waals surface area (Å²) < 4.78 is 0. The average molecular weight is 430 g/mol. The molecule has 9 heteroatoms. The summed E-state index contributed by atoms with van der Waals surface area (Å²) >= 11 is 22.8. The van der Waals surface area contributed by atoms with Gasteiger partial charge in [0.2, 0.25) is 5.91 Å². The number of thiocarbonyl (C=S) groups is 1. The van der Waals surface area contributed by atoms with E-state index in [4.69, 9.17) is 52.1 Å². The minimum Gasteiger partial charge on any atom is -0.478 e. The molecule has 2 aromatic carbocycles. The van der Waals surface area contributed by atoms with Crippen LogP contribution in [0.4, 0.5) is 5.69 Å². The van der Waals surface area contributed by atoms with Gasteiger partial charge in [-0.15, -0.1) is 0 Å². The standard InChI is InChI=1S/C17H11Cl3N2O3S/c18-11-4-1-9(13(20)8-11)3-6-15(23)22-17(26)21-14-7-10(16(24)25)2-5-12(14)19/h1-8H,(H,24,25)(H2,21,22,23,26). The van der Waals surface area contributed by atoms with Crippen molar-refractivity contribution in [3.05, 3.63) is 68.7 Å². The Morgan fingerprint density at radius 3 is 2.42 bits per heavy atom. The minimum absolute atomic E-state index is 0.0308. The summed E-state index contributed by atoms with van der Waals surface area (Å²) in [6, 6.07) is 8.96. The van der Waals surface area contributed by atoms with Crippen LogP contribution in [0.15, 0.2) is 42.5 Å². The monoisotopic (exact) mass is 428 g/mol. The molecule has 0 aromatic heterocycles. The van der Waals surface area contributed by atoms with Gasteiger partial charge in [-0.25, -0.2) is 4.79 Å². The summed E-state index contributed by atoms with van der Waals surface area (Å²) in [5, 5.41) is 15.2. The lowest BCUT2D eigenvalue weighted by Crippen LogP contribution is -2.33. The first kappa shape index (κ1) is 20.2. The minimum atomic E-state index is -1.11. The van der Waals surface area contributed by atoms with Gasteiger partial charge in [-0.3, -0.25) is 10.1 Å². The number of anilines is 1. The molecule has 3 N–H and O–H groups in total. The van der Waals surface area contributed by atoms with E-state index >= 15 is 0 Å². The molecule has 2 aromatic rings. The third kappa shape index (κ3) is 5.71. The van der Waals surface area contributed by atoms with Crippen LogP contribution in [0.2, 0.25) is 15.1 Å². The number of rotatable bonds is 4. The van der Waals surface area contributed by atoms with Crippen molar-refractivity contribution in [2.75, 3.05) is 5.32 Å². The molecule has 2 rings (SSSR count). The molecule has 26 heavy (non-hydrogen) atoms. The number of carbonyl (C=O) groups is 2. The average Bonchev–Trinajstić information content (AvgIpc) is 2.55. The number of aromatic carboxylic acids is 1. The highest BCUT2D eigenvalue weighted by molar-refractivity contribution is 7.80. The van der Waals surface area contributed by atoms with Crippen LogP contribution >= 0.6 is 47.0 Å². The van der Waals surface area contributed by atoms with Crippen LogP contribution in [0.3, 0.4) is 0 Å². The Labute approximate surface area is 169 Å². The van der Waals surface area contributed by atoms with Gasteiger partial charge in [0.1, 0.15) is 0 Å².